The van der Waals surface area contributed by atoms with Crippen LogP contribution in [0, 0.1) is 0 Å². The van der Waals surface area contributed by atoms with E-state index >= 15 is 0 Å². The quantitative estimate of drug-likeness (QED) is 0.0884. The Labute approximate surface area is 275 Å². The Balaban J connectivity index is 1.63. The number of methoxy groups -OCH3 is 2. The SMILES string of the molecule is COc1cc(-c2[o+]c3cc(O)cc(O[C@@H]4O[C@H](COC(=O)O)[C@@H](O)[C@H](O)[C@H]4O)c3cc2O[C@@H]2O[C@H](CO)[C@@H](O)[C@H](O)[C@H]2O)cc(OC)c1O. The Morgan fingerprint density at radius 3 is 1.84 bits per heavy atom. The summed E-state index contributed by atoms with van der Waals surface area (Å²) in [6.07, 6.45) is -18.9. The highest BCUT2D eigenvalue weighted by atomic mass is 16.7. The molecule has 0 unspecified atom stereocenters. The van der Waals surface area contributed by atoms with Crippen molar-refractivity contribution in [1.82, 2.24) is 0 Å². The number of aliphatic hydroxyl groups excluding tert-OH is 7. The minimum atomic E-state index is -1.90. The van der Waals surface area contributed by atoms with Crippen molar-refractivity contribution in [1.29, 1.82) is 0 Å². The van der Waals surface area contributed by atoms with Crippen LogP contribution in [0.1, 0.15) is 0 Å². The predicted molar refractivity (Wildman–Crippen MR) is 158 cm³/mol. The minimum absolute atomic E-state index is 0.00593. The Kier molecular flexibility index (Phi) is 10.7. The normalized spacial score (nSPS) is 30.1. The molecule has 19 nitrogen and oxygen atoms in total. The first-order valence-electron chi connectivity index (χ1n) is 14.6. The molecular weight excluding hydrogens is 664 g/mol. The van der Waals surface area contributed by atoms with Crippen molar-refractivity contribution in [2.45, 2.75) is 61.4 Å². The molecule has 10 atom stereocenters. The molecule has 5 rings (SSSR count). The first-order valence-corrected chi connectivity index (χ1v) is 14.6. The van der Waals surface area contributed by atoms with Gasteiger partial charge in [0.15, 0.2) is 11.5 Å². The molecule has 2 fully saturated rings. The van der Waals surface area contributed by atoms with Gasteiger partial charge in [0.25, 0.3) is 0 Å². The van der Waals surface area contributed by atoms with Crippen molar-refractivity contribution in [3.8, 4) is 45.8 Å². The molecule has 0 spiro atoms. The van der Waals surface area contributed by atoms with Crippen molar-refractivity contribution in [3.63, 3.8) is 0 Å². The standard InChI is InChI=1S/C30H34O19/c1-42-15-3-10(4-16(43-2)20(15)33)27-17(47-29-25(38)23(36)21(34)18(8-31)48-29)7-12-13(45-27)5-11(32)6-14(12)46-28-26(39)24(37)22(35)19(49-28)9-44-30(40)41/h3-7,18-19,21-26,28-29,31,34-39H,8-9H2,1-2H3,(H2-,32,33,40,41)/p+1/t18-,19-,21-,22-,23+,24+,25-,26-,28-,29-/m1/s1. The Hall–Kier alpha value is -4.44. The zero-order valence-electron chi connectivity index (χ0n) is 25.7. The fourth-order valence-corrected chi connectivity index (χ4v) is 5.30. The zero-order valence-corrected chi connectivity index (χ0v) is 25.7. The molecule has 3 heterocycles. The molecule has 0 saturated carbocycles. The van der Waals surface area contributed by atoms with Crippen molar-refractivity contribution >= 4 is 17.1 Å². The summed E-state index contributed by atoms with van der Waals surface area (Å²) in [6.45, 7) is -1.50. The van der Waals surface area contributed by atoms with E-state index in [9.17, 15) is 50.8 Å². The topological polar surface area (TPSA) is 295 Å². The van der Waals surface area contributed by atoms with Crippen LogP contribution in [-0.2, 0) is 14.2 Å². The van der Waals surface area contributed by atoms with E-state index in [1.54, 1.807) is 0 Å². The van der Waals surface area contributed by atoms with Crippen LogP contribution in [0.4, 0.5) is 4.79 Å². The van der Waals surface area contributed by atoms with E-state index < -0.39 is 86.5 Å². The van der Waals surface area contributed by atoms with E-state index in [-0.39, 0.29) is 51.0 Å². The number of carbonyl (C=O) groups is 1. The maximum absolute atomic E-state index is 10.9. The fraction of sp³-hybridized carbons (Fsp3) is 0.467. The maximum atomic E-state index is 10.9. The number of fused-ring (bicyclic) bond motifs is 1. The van der Waals surface area contributed by atoms with Crippen LogP contribution in [0.15, 0.2) is 34.7 Å². The van der Waals surface area contributed by atoms with E-state index in [0.717, 1.165) is 6.07 Å². The lowest BCUT2D eigenvalue weighted by Gasteiger charge is -2.39. The van der Waals surface area contributed by atoms with Gasteiger partial charge in [0.2, 0.25) is 24.1 Å². The first kappa shape index (κ1) is 35.9. The molecule has 0 amide bonds. The number of ether oxygens (including phenoxy) is 7. The number of hydrogen-bond donors (Lipinski definition) is 10. The third-order valence-electron chi connectivity index (χ3n) is 7.92. The molecule has 0 aliphatic carbocycles. The van der Waals surface area contributed by atoms with Crippen molar-refractivity contribution < 1.29 is 93.4 Å². The second-order valence-electron chi connectivity index (χ2n) is 11.0. The summed E-state index contributed by atoms with van der Waals surface area (Å²) in [5, 5.41) is 102. The molecule has 3 aromatic rings. The number of aliphatic hydroxyl groups is 7. The van der Waals surface area contributed by atoms with Crippen LogP contribution in [0.5, 0.6) is 34.5 Å². The van der Waals surface area contributed by atoms with E-state index in [4.69, 9.17) is 37.9 Å². The van der Waals surface area contributed by atoms with Gasteiger partial charge in [-0.3, -0.25) is 0 Å². The van der Waals surface area contributed by atoms with Gasteiger partial charge in [0.1, 0.15) is 72.3 Å². The molecule has 2 aliphatic heterocycles. The number of carboxylic acid groups (broad SMARTS) is 1. The van der Waals surface area contributed by atoms with Crippen LogP contribution in [-0.4, -0.2) is 146 Å². The number of phenolic OH excluding ortho intramolecular Hbond substituents is 2. The molecule has 49 heavy (non-hydrogen) atoms. The van der Waals surface area contributed by atoms with E-state index in [1.807, 2.05) is 0 Å². The third-order valence-corrected chi connectivity index (χ3v) is 7.92. The fourth-order valence-electron chi connectivity index (χ4n) is 5.30. The van der Waals surface area contributed by atoms with Gasteiger partial charge in [-0.25, -0.2) is 9.21 Å². The summed E-state index contributed by atoms with van der Waals surface area (Å²) in [5.74, 6) is -1.59. The summed E-state index contributed by atoms with van der Waals surface area (Å²) in [5.41, 5.74) is 0.0389. The van der Waals surface area contributed by atoms with Gasteiger partial charge in [0, 0.05) is 24.3 Å². The predicted octanol–water partition coefficient (Wildman–Crippen LogP) is -1.13. The molecule has 2 saturated heterocycles. The molecule has 1 aromatic heterocycles. The van der Waals surface area contributed by atoms with Crippen LogP contribution >= 0.6 is 0 Å². The van der Waals surface area contributed by atoms with Crippen molar-refractivity contribution in [2.24, 2.45) is 0 Å². The lowest BCUT2D eigenvalue weighted by Crippen LogP contribution is -2.60. The molecule has 268 valence electrons. The second-order valence-corrected chi connectivity index (χ2v) is 11.0. The van der Waals surface area contributed by atoms with Crippen molar-refractivity contribution in [3.05, 3.63) is 30.3 Å². The average Bonchev–Trinajstić information content (AvgIpc) is 3.08. The van der Waals surface area contributed by atoms with Gasteiger partial charge < -0.3 is 84.2 Å². The smallest absolute Gasteiger partial charge is 0.505 e. The molecule has 2 aliphatic rings. The molecule has 2 aromatic carbocycles. The number of benzene rings is 2. The lowest BCUT2D eigenvalue weighted by atomic mass is 9.99. The number of phenols is 2. The van der Waals surface area contributed by atoms with Gasteiger partial charge in [-0.1, -0.05) is 0 Å². The molecular formula is C30H35O19+. The van der Waals surface area contributed by atoms with E-state index in [1.165, 1.54) is 38.5 Å². The first-order chi connectivity index (χ1) is 23.3. The van der Waals surface area contributed by atoms with Crippen LogP contribution < -0.4 is 18.9 Å². The summed E-state index contributed by atoms with van der Waals surface area (Å²) < 4.78 is 43.8. The molecule has 10 N–H and O–H groups in total. The lowest BCUT2D eigenvalue weighted by molar-refractivity contribution is -0.277. The largest absolute Gasteiger partial charge is 0.507 e. The van der Waals surface area contributed by atoms with Crippen molar-refractivity contribution in [2.75, 3.05) is 27.4 Å². The second kappa shape index (κ2) is 14.6. The third kappa shape index (κ3) is 7.15. The summed E-state index contributed by atoms with van der Waals surface area (Å²) in [7, 11) is 2.55. The van der Waals surface area contributed by atoms with Gasteiger partial charge in [-0.15, -0.1) is 0 Å². The highest BCUT2D eigenvalue weighted by molar-refractivity contribution is 5.89. The van der Waals surface area contributed by atoms with Crippen LogP contribution in [0.25, 0.3) is 22.3 Å². The maximum Gasteiger partial charge on any atom is 0.505 e. The average molecular weight is 700 g/mol. The monoisotopic (exact) mass is 699 g/mol. The molecule has 0 bridgehead atoms. The van der Waals surface area contributed by atoms with Crippen LogP contribution in [0.3, 0.4) is 0 Å². The Bertz CT molecular complexity index is 1620. The van der Waals surface area contributed by atoms with Gasteiger partial charge in [-0.2, -0.15) is 0 Å². The number of hydrogen-bond acceptors (Lipinski definition) is 17. The summed E-state index contributed by atoms with van der Waals surface area (Å²) >= 11 is 0. The molecule has 0 radical (unpaired) electrons. The van der Waals surface area contributed by atoms with Gasteiger partial charge in [-0.05, 0) is 0 Å². The van der Waals surface area contributed by atoms with Gasteiger partial charge in [0.05, 0.1) is 32.5 Å². The van der Waals surface area contributed by atoms with E-state index in [0.29, 0.717) is 0 Å². The highest BCUT2D eigenvalue weighted by Gasteiger charge is 2.47. The van der Waals surface area contributed by atoms with E-state index in [2.05, 4.69) is 4.74 Å². The minimum Gasteiger partial charge on any atom is -0.507 e. The zero-order chi connectivity index (χ0) is 35.7. The van der Waals surface area contributed by atoms with Crippen LogP contribution in [0.2, 0.25) is 0 Å². The Morgan fingerprint density at radius 2 is 1.29 bits per heavy atom. The highest BCUT2D eigenvalue weighted by Crippen LogP contribution is 2.46. The molecule has 19 heteroatoms. The number of aromatic hydroxyl groups is 2. The summed E-state index contributed by atoms with van der Waals surface area (Å²) in [6, 6.07) is 6.17. The van der Waals surface area contributed by atoms with Gasteiger partial charge >= 0.3 is 17.5 Å². The Morgan fingerprint density at radius 1 is 0.735 bits per heavy atom. The number of rotatable bonds is 10. The summed E-state index contributed by atoms with van der Waals surface area (Å²) in [4.78, 5) is 10.9.